The first-order valence-electron chi connectivity index (χ1n) is 7.29. The maximum Gasteiger partial charge on any atom is 0.340 e. The molecular formula is C18H19ClFNO2. The van der Waals surface area contributed by atoms with Crippen molar-refractivity contribution in [2.75, 3.05) is 12.4 Å². The third-order valence-electron chi connectivity index (χ3n) is 3.69. The number of nitrogens with one attached hydrogen (secondary N) is 1. The molecule has 23 heavy (non-hydrogen) atoms. The van der Waals surface area contributed by atoms with Crippen molar-refractivity contribution >= 4 is 28.9 Å². The number of carbonyl (C=O) groups is 1. The Morgan fingerprint density at radius 1 is 1.22 bits per heavy atom. The number of rotatable bonds is 4. The average Bonchev–Trinajstić information content (AvgIpc) is 2.52. The smallest absolute Gasteiger partial charge is 0.340 e. The van der Waals surface area contributed by atoms with Gasteiger partial charge in [-0.2, -0.15) is 0 Å². The van der Waals surface area contributed by atoms with Gasteiger partial charge in [0.15, 0.2) is 0 Å². The van der Waals surface area contributed by atoms with Crippen LogP contribution in [-0.2, 0) is 4.74 Å². The summed E-state index contributed by atoms with van der Waals surface area (Å²) < 4.78 is 18.4. The fraction of sp³-hybridized carbons (Fsp3) is 0.278. The number of carbonyl (C=O) groups excluding carboxylic acids is 1. The molecule has 2 rings (SSSR count). The summed E-state index contributed by atoms with van der Waals surface area (Å²) in [6, 6.07) is 7.97. The zero-order valence-electron chi connectivity index (χ0n) is 13.5. The molecule has 5 heteroatoms. The molecule has 3 nitrogen and oxygen atoms in total. The van der Waals surface area contributed by atoms with Crippen molar-refractivity contribution in [1.29, 1.82) is 0 Å². The van der Waals surface area contributed by atoms with E-state index in [1.54, 1.807) is 25.1 Å². The Morgan fingerprint density at radius 2 is 1.87 bits per heavy atom. The Labute approximate surface area is 140 Å². The summed E-state index contributed by atoms with van der Waals surface area (Å²) in [6.45, 7) is 5.72. The van der Waals surface area contributed by atoms with E-state index in [4.69, 9.17) is 16.3 Å². The molecule has 0 fully saturated rings. The molecule has 0 spiro atoms. The zero-order chi connectivity index (χ0) is 17.1. The molecular weight excluding hydrogens is 317 g/mol. The van der Waals surface area contributed by atoms with Crippen molar-refractivity contribution in [1.82, 2.24) is 0 Å². The van der Waals surface area contributed by atoms with Gasteiger partial charge in [-0.05, 0) is 54.3 Å². The Balaban J connectivity index is 2.53. The quantitative estimate of drug-likeness (QED) is 0.756. The van der Waals surface area contributed by atoms with Crippen LogP contribution >= 0.6 is 11.6 Å². The minimum atomic E-state index is -0.472. The standard InChI is InChI=1S/C18H19ClFNO2/c1-10(2)13-9-12(20)5-7-15(13)21-16-8-6-14(19)11(3)17(16)18(22)23-4/h5-10,21H,1-4H3. The molecule has 0 aliphatic rings. The van der Waals surface area contributed by atoms with E-state index in [2.05, 4.69) is 5.32 Å². The molecule has 1 N–H and O–H groups in total. The predicted octanol–water partition coefficient (Wildman–Crippen LogP) is 5.44. The van der Waals surface area contributed by atoms with Gasteiger partial charge in [-0.25, -0.2) is 9.18 Å². The van der Waals surface area contributed by atoms with Crippen molar-refractivity contribution in [2.24, 2.45) is 0 Å². The Hall–Kier alpha value is -2.07. The maximum atomic E-state index is 13.5. The van der Waals surface area contributed by atoms with E-state index in [-0.39, 0.29) is 11.7 Å². The first-order valence-corrected chi connectivity index (χ1v) is 7.66. The zero-order valence-corrected chi connectivity index (χ0v) is 14.3. The summed E-state index contributed by atoms with van der Waals surface area (Å²) in [5, 5.41) is 3.69. The molecule has 122 valence electrons. The first-order chi connectivity index (χ1) is 10.8. The van der Waals surface area contributed by atoms with Crippen molar-refractivity contribution in [3.8, 4) is 0 Å². The number of esters is 1. The third kappa shape index (κ3) is 3.64. The van der Waals surface area contributed by atoms with Crippen LogP contribution in [0, 0.1) is 12.7 Å². The molecule has 0 heterocycles. The van der Waals surface area contributed by atoms with Crippen LogP contribution in [0.2, 0.25) is 5.02 Å². The molecule has 0 saturated heterocycles. The van der Waals surface area contributed by atoms with Crippen LogP contribution in [0.5, 0.6) is 0 Å². The van der Waals surface area contributed by atoms with E-state index >= 15 is 0 Å². The minimum absolute atomic E-state index is 0.128. The molecule has 0 amide bonds. The van der Waals surface area contributed by atoms with Gasteiger partial charge in [0, 0.05) is 10.7 Å². The topological polar surface area (TPSA) is 38.3 Å². The van der Waals surface area contributed by atoms with Crippen LogP contribution in [0.4, 0.5) is 15.8 Å². The summed E-state index contributed by atoms with van der Waals surface area (Å²) in [7, 11) is 1.32. The van der Waals surface area contributed by atoms with Crippen molar-refractivity contribution in [3.05, 3.63) is 57.9 Å². The van der Waals surface area contributed by atoms with Crippen molar-refractivity contribution in [3.63, 3.8) is 0 Å². The third-order valence-corrected chi connectivity index (χ3v) is 4.10. The number of halogens is 2. The molecule has 2 aromatic rings. The lowest BCUT2D eigenvalue weighted by Gasteiger charge is -2.18. The van der Waals surface area contributed by atoms with E-state index in [0.717, 1.165) is 11.3 Å². The molecule has 0 aromatic heterocycles. The van der Waals surface area contributed by atoms with Gasteiger partial charge in [0.2, 0.25) is 0 Å². The van der Waals surface area contributed by atoms with Gasteiger partial charge in [0.05, 0.1) is 18.4 Å². The first kappa shape index (κ1) is 17.3. The molecule has 0 radical (unpaired) electrons. The molecule has 0 unspecified atom stereocenters. The number of benzene rings is 2. The molecule has 0 aliphatic heterocycles. The Bertz CT molecular complexity index is 744. The second-order valence-electron chi connectivity index (χ2n) is 5.60. The normalized spacial score (nSPS) is 10.7. The lowest BCUT2D eigenvalue weighted by atomic mass is 10.00. The summed E-state index contributed by atoms with van der Waals surface area (Å²) in [5.74, 6) is -0.636. The highest BCUT2D eigenvalue weighted by molar-refractivity contribution is 6.32. The van der Waals surface area contributed by atoms with Crippen LogP contribution in [0.15, 0.2) is 30.3 Å². The van der Waals surface area contributed by atoms with Gasteiger partial charge in [0.1, 0.15) is 5.82 Å². The summed E-state index contributed by atoms with van der Waals surface area (Å²) in [5.41, 5.74) is 3.16. The van der Waals surface area contributed by atoms with Gasteiger partial charge in [-0.1, -0.05) is 25.4 Å². The predicted molar refractivity (Wildman–Crippen MR) is 91.3 cm³/mol. The van der Waals surface area contributed by atoms with Crippen molar-refractivity contribution in [2.45, 2.75) is 26.7 Å². The van der Waals surface area contributed by atoms with E-state index < -0.39 is 5.97 Å². The van der Waals surface area contributed by atoms with Crippen LogP contribution in [0.3, 0.4) is 0 Å². The largest absolute Gasteiger partial charge is 0.465 e. The van der Waals surface area contributed by atoms with Crippen molar-refractivity contribution < 1.29 is 13.9 Å². The van der Waals surface area contributed by atoms with Gasteiger partial charge >= 0.3 is 5.97 Å². The number of methoxy groups -OCH3 is 1. The molecule has 2 aromatic carbocycles. The minimum Gasteiger partial charge on any atom is -0.465 e. The van der Waals surface area contributed by atoms with Gasteiger partial charge in [0.25, 0.3) is 0 Å². The number of hydrogen-bond acceptors (Lipinski definition) is 3. The van der Waals surface area contributed by atoms with Gasteiger partial charge in [-0.3, -0.25) is 0 Å². The van der Waals surface area contributed by atoms with E-state index in [1.807, 2.05) is 13.8 Å². The van der Waals surface area contributed by atoms with E-state index in [9.17, 15) is 9.18 Å². The van der Waals surface area contributed by atoms with E-state index in [1.165, 1.54) is 19.2 Å². The van der Waals surface area contributed by atoms with Gasteiger partial charge in [-0.15, -0.1) is 0 Å². The van der Waals surface area contributed by atoms with Crippen LogP contribution in [-0.4, -0.2) is 13.1 Å². The number of hydrogen-bond donors (Lipinski definition) is 1. The number of ether oxygens (including phenoxy) is 1. The highest BCUT2D eigenvalue weighted by Crippen LogP contribution is 2.32. The van der Waals surface area contributed by atoms with Gasteiger partial charge < -0.3 is 10.1 Å². The lowest BCUT2D eigenvalue weighted by Crippen LogP contribution is -2.09. The second kappa shape index (κ2) is 7.01. The summed E-state index contributed by atoms with van der Waals surface area (Å²) in [6.07, 6.45) is 0. The van der Waals surface area contributed by atoms with Crippen LogP contribution < -0.4 is 5.32 Å². The Kier molecular flexibility index (Phi) is 5.26. The van der Waals surface area contributed by atoms with Crippen LogP contribution in [0.1, 0.15) is 41.3 Å². The molecule has 0 aliphatic carbocycles. The summed E-state index contributed by atoms with van der Waals surface area (Å²) >= 11 is 6.11. The Morgan fingerprint density at radius 3 is 2.48 bits per heavy atom. The van der Waals surface area contributed by atoms with Crippen LogP contribution in [0.25, 0.3) is 0 Å². The summed E-state index contributed by atoms with van der Waals surface area (Å²) in [4.78, 5) is 12.1. The molecule has 0 atom stereocenters. The fourth-order valence-electron chi connectivity index (χ4n) is 2.43. The fourth-order valence-corrected chi connectivity index (χ4v) is 2.58. The SMILES string of the molecule is COC(=O)c1c(Nc2ccc(F)cc2C(C)C)ccc(Cl)c1C. The average molecular weight is 336 g/mol. The maximum absolute atomic E-state index is 13.5. The second-order valence-corrected chi connectivity index (χ2v) is 6.01. The monoisotopic (exact) mass is 335 g/mol. The highest BCUT2D eigenvalue weighted by atomic mass is 35.5. The number of anilines is 2. The molecule has 0 saturated carbocycles. The van der Waals surface area contributed by atoms with E-state index in [0.29, 0.717) is 21.8 Å². The lowest BCUT2D eigenvalue weighted by molar-refractivity contribution is 0.0601. The highest BCUT2D eigenvalue weighted by Gasteiger charge is 2.18. The molecule has 0 bridgehead atoms.